The highest BCUT2D eigenvalue weighted by Gasteiger charge is 2.24. The molecule has 0 aliphatic heterocycles. The fourth-order valence-electron chi connectivity index (χ4n) is 1.85. The molecule has 2 N–H and O–H groups in total. The Balaban J connectivity index is 2.18. The lowest BCUT2D eigenvalue weighted by Gasteiger charge is -1.98. The standard InChI is InChI=1S/C11H9N5O2S2/c1-15-7(16(17)18)5-13-10(15)9-8(14-11(12)20-9)6-3-2-4-19-6/h2-5H,1H3,(H2,12,14). The zero-order valence-corrected chi connectivity index (χ0v) is 11.9. The minimum Gasteiger partial charge on any atom is -0.375 e. The van der Waals surface area contributed by atoms with Crippen LogP contribution >= 0.6 is 22.7 Å². The van der Waals surface area contributed by atoms with E-state index in [1.165, 1.54) is 33.4 Å². The third-order valence-corrected chi connectivity index (χ3v) is 4.51. The van der Waals surface area contributed by atoms with E-state index in [1.807, 2.05) is 17.5 Å². The normalized spacial score (nSPS) is 10.8. The SMILES string of the molecule is Cn1c([N+](=O)[O-])cnc1-c1sc(N)nc1-c1cccs1. The Hall–Kier alpha value is -2.26. The number of nitrogens with zero attached hydrogens (tertiary/aromatic N) is 4. The topological polar surface area (TPSA) is 99.9 Å². The highest BCUT2D eigenvalue weighted by atomic mass is 32.1. The first-order valence-electron chi connectivity index (χ1n) is 5.54. The molecule has 0 aliphatic carbocycles. The van der Waals surface area contributed by atoms with Crippen LogP contribution in [0.3, 0.4) is 0 Å². The minimum absolute atomic E-state index is 0.0656. The lowest BCUT2D eigenvalue weighted by Crippen LogP contribution is -1.98. The van der Waals surface area contributed by atoms with Crippen LogP contribution in [0, 0.1) is 10.1 Å². The molecule has 7 nitrogen and oxygen atoms in total. The van der Waals surface area contributed by atoms with Crippen molar-refractivity contribution < 1.29 is 4.92 Å². The van der Waals surface area contributed by atoms with E-state index in [9.17, 15) is 10.1 Å². The van der Waals surface area contributed by atoms with Crippen molar-refractivity contribution in [1.29, 1.82) is 0 Å². The molecule has 0 spiro atoms. The van der Waals surface area contributed by atoms with Gasteiger partial charge < -0.3 is 15.8 Å². The van der Waals surface area contributed by atoms with Crippen molar-refractivity contribution in [2.75, 3.05) is 5.73 Å². The lowest BCUT2D eigenvalue weighted by molar-refractivity contribution is -0.391. The molecule has 0 aromatic carbocycles. The number of nitrogens with two attached hydrogens (primary N) is 1. The molecule has 9 heteroatoms. The van der Waals surface area contributed by atoms with Gasteiger partial charge in [0.25, 0.3) is 0 Å². The van der Waals surface area contributed by atoms with Crippen LogP contribution in [0.4, 0.5) is 10.9 Å². The van der Waals surface area contributed by atoms with Crippen molar-refractivity contribution in [3.8, 4) is 21.3 Å². The number of anilines is 1. The highest BCUT2D eigenvalue weighted by molar-refractivity contribution is 7.20. The van der Waals surface area contributed by atoms with Gasteiger partial charge in [-0.1, -0.05) is 17.4 Å². The maximum absolute atomic E-state index is 10.9. The number of aromatic nitrogens is 3. The summed E-state index contributed by atoms with van der Waals surface area (Å²) >= 11 is 2.81. The first-order chi connectivity index (χ1) is 9.58. The predicted molar refractivity (Wildman–Crippen MR) is 78.7 cm³/mol. The van der Waals surface area contributed by atoms with E-state index in [4.69, 9.17) is 5.73 Å². The summed E-state index contributed by atoms with van der Waals surface area (Å²) in [6, 6.07) is 3.85. The Morgan fingerprint density at radius 1 is 1.50 bits per heavy atom. The average molecular weight is 307 g/mol. The van der Waals surface area contributed by atoms with Gasteiger partial charge in [0.15, 0.2) is 5.13 Å². The van der Waals surface area contributed by atoms with Crippen LogP contribution in [-0.4, -0.2) is 19.5 Å². The van der Waals surface area contributed by atoms with Crippen LogP contribution in [0.2, 0.25) is 0 Å². The number of hydrogen-bond donors (Lipinski definition) is 1. The summed E-state index contributed by atoms with van der Waals surface area (Å²) in [7, 11) is 1.61. The van der Waals surface area contributed by atoms with E-state index >= 15 is 0 Å². The van der Waals surface area contributed by atoms with E-state index in [2.05, 4.69) is 9.97 Å². The first-order valence-corrected chi connectivity index (χ1v) is 7.24. The van der Waals surface area contributed by atoms with Gasteiger partial charge in [-0.3, -0.25) is 0 Å². The molecule has 0 saturated heterocycles. The molecule has 3 aromatic heterocycles. The average Bonchev–Trinajstić information content (AvgIpc) is 3.07. The van der Waals surface area contributed by atoms with Gasteiger partial charge in [-0.25, -0.2) is 14.5 Å². The molecular formula is C11H9N5O2S2. The van der Waals surface area contributed by atoms with Crippen molar-refractivity contribution in [3.63, 3.8) is 0 Å². The Morgan fingerprint density at radius 2 is 2.30 bits per heavy atom. The van der Waals surface area contributed by atoms with Gasteiger partial charge in [-0.15, -0.1) is 11.3 Å². The second-order valence-corrected chi connectivity index (χ2v) is 5.94. The summed E-state index contributed by atoms with van der Waals surface area (Å²) in [5.41, 5.74) is 6.49. The summed E-state index contributed by atoms with van der Waals surface area (Å²) in [4.78, 5) is 20.6. The molecule has 0 bridgehead atoms. The summed E-state index contributed by atoms with van der Waals surface area (Å²) in [6.07, 6.45) is 1.24. The molecule has 3 aromatic rings. The second kappa shape index (κ2) is 4.69. The number of nitrogen functional groups attached to an aromatic ring is 1. The third kappa shape index (κ3) is 1.96. The van der Waals surface area contributed by atoms with Crippen LogP contribution < -0.4 is 5.73 Å². The molecule has 0 amide bonds. The quantitative estimate of drug-likeness (QED) is 0.592. The van der Waals surface area contributed by atoms with E-state index in [-0.39, 0.29) is 5.82 Å². The zero-order chi connectivity index (χ0) is 14.3. The maximum Gasteiger partial charge on any atom is 0.342 e. The second-order valence-electron chi connectivity index (χ2n) is 3.96. The fourth-order valence-corrected chi connectivity index (χ4v) is 3.51. The molecule has 0 radical (unpaired) electrons. The minimum atomic E-state index is -0.467. The number of rotatable bonds is 3. The molecule has 0 saturated carbocycles. The van der Waals surface area contributed by atoms with E-state index in [0.29, 0.717) is 16.6 Å². The summed E-state index contributed by atoms with van der Waals surface area (Å²) in [5, 5.41) is 13.2. The van der Waals surface area contributed by atoms with Gasteiger partial charge in [0.05, 0.1) is 11.9 Å². The number of thiazole rings is 1. The predicted octanol–water partition coefficient (Wildman–Crippen LogP) is 2.76. The van der Waals surface area contributed by atoms with Crippen LogP contribution in [0.25, 0.3) is 21.3 Å². The van der Waals surface area contributed by atoms with Crippen molar-refractivity contribution in [2.24, 2.45) is 7.05 Å². The van der Waals surface area contributed by atoms with Gasteiger partial charge in [0.2, 0.25) is 5.82 Å². The number of hydrogen-bond acceptors (Lipinski definition) is 7. The smallest absolute Gasteiger partial charge is 0.342 e. The van der Waals surface area contributed by atoms with Crippen molar-refractivity contribution >= 4 is 33.6 Å². The van der Waals surface area contributed by atoms with E-state index < -0.39 is 4.92 Å². The van der Waals surface area contributed by atoms with Gasteiger partial charge >= 0.3 is 5.82 Å². The molecule has 0 unspecified atom stereocenters. The number of thiophene rings is 1. The van der Waals surface area contributed by atoms with Gasteiger partial charge in [-0.05, 0) is 16.4 Å². The Morgan fingerprint density at radius 3 is 2.90 bits per heavy atom. The van der Waals surface area contributed by atoms with Crippen LogP contribution in [0.1, 0.15) is 0 Å². The largest absolute Gasteiger partial charge is 0.375 e. The van der Waals surface area contributed by atoms with Crippen molar-refractivity contribution in [1.82, 2.24) is 14.5 Å². The monoisotopic (exact) mass is 307 g/mol. The van der Waals surface area contributed by atoms with Crippen molar-refractivity contribution in [2.45, 2.75) is 0 Å². The Bertz CT molecular complexity index is 775. The van der Waals surface area contributed by atoms with Crippen LogP contribution in [0.5, 0.6) is 0 Å². The highest BCUT2D eigenvalue weighted by Crippen LogP contribution is 2.39. The van der Waals surface area contributed by atoms with Crippen molar-refractivity contribution in [3.05, 3.63) is 33.8 Å². The van der Waals surface area contributed by atoms with Gasteiger partial charge in [0, 0.05) is 0 Å². The molecule has 0 atom stereocenters. The molecular weight excluding hydrogens is 298 g/mol. The summed E-state index contributed by atoms with van der Waals surface area (Å²) in [5.74, 6) is 0.429. The lowest BCUT2D eigenvalue weighted by atomic mass is 10.3. The molecule has 3 rings (SSSR count). The summed E-state index contributed by atoms with van der Waals surface area (Å²) in [6.45, 7) is 0. The van der Waals surface area contributed by atoms with Crippen LogP contribution in [0.15, 0.2) is 23.7 Å². The number of nitro groups is 1. The number of imidazole rings is 1. The maximum atomic E-state index is 10.9. The van der Waals surface area contributed by atoms with E-state index in [1.54, 1.807) is 7.05 Å². The summed E-state index contributed by atoms with van der Waals surface area (Å²) < 4.78 is 1.43. The van der Waals surface area contributed by atoms with Gasteiger partial charge in [-0.2, -0.15) is 0 Å². The van der Waals surface area contributed by atoms with Gasteiger partial charge in [0.1, 0.15) is 16.8 Å². The van der Waals surface area contributed by atoms with E-state index in [0.717, 1.165) is 9.75 Å². The van der Waals surface area contributed by atoms with Crippen LogP contribution in [-0.2, 0) is 7.05 Å². The molecule has 0 aliphatic rings. The first kappa shape index (κ1) is 12.8. The fraction of sp³-hybridized carbons (Fsp3) is 0.0909. The molecule has 0 fully saturated rings. The molecule has 102 valence electrons. The Labute approximate surface area is 121 Å². The molecule has 20 heavy (non-hydrogen) atoms. The Kier molecular flexibility index (Phi) is 2.99. The third-order valence-electron chi connectivity index (χ3n) is 2.75. The zero-order valence-electron chi connectivity index (χ0n) is 10.3. The molecule has 3 heterocycles.